The second-order valence-electron chi connectivity index (χ2n) is 7.93. The molecule has 0 unspecified atom stereocenters. The molecule has 4 rings (SSSR count). The quantitative estimate of drug-likeness (QED) is 0.823. The van der Waals surface area contributed by atoms with Gasteiger partial charge >= 0.3 is 0 Å². The molecule has 5 nitrogen and oxygen atoms in total. The number of hydrogen-bond donors (Lipinski definition) is 0. The Bertz CT molecular complexity index is 835. The minimum atomic E-state index is 0.0873. The number of hydrogen-bond acceptors (Lipinski definition) is 3. The fourth-order valence-corrected chi connectivity index (χ4v) is 4.23. The van der Waals surface area contributed by atoms with Crippen LogP contribution < -0.4 is 0 Å². The zero-order chi connectivity index (χ0) is 19.3. The summed E-state index contributed by atoms with van der Waals surface area (Å²) in [5.74, 6) is 0.334. The van der Waals surface area contributed by atoms with Crippen LogP contribution in [0.3, 0.4) is 0 Å². The Balaban J connectivity index is 1.31. The molecule has 0 radical (unpaired) electrons. The third-order valence-electron chi connectivity index (χ3n) is 5.97. The molecule has 0 N–H and O–H groups in total. The van der Waals surface area contributed by atoms with Gasteiger partial charge in [-0.25, -0.2) is 0 Å². The maximum atomic E-state index is 12.9. The van der Waals surface area contributed by atoms with Gasteiger partial charge in [-0.05, 0) is 35.7 Å². The molecule has 2 aliphatic heterocycles. The van der Waals surface area contributed by atoms with Crippen molar-refractivity contribution in [3.63, 3.8) is 0 Å². The Hall–Kier alpha value is -2.40. The molecule has 2 saturated heterocycles. The van der Waals surface area contributed by atoms with E-state index in [1.807, 2.05) is 46.2 Å². The number of piperazine rings is 1. The third-order valence-corrected chi connectivity index (χ3v) is 5.97. The van der Waals surface area contributed by atoms with Gasteiger partial charge in [0.05, 0.1) is 6.54 Å². The highest BCUT2D eigenvalue weighted by atomic mass is 16.2. The van der Waals surface area contributed by atoms with Crippen LogP contribution >= 0.6 is 0 Å². The van der Waals surface area contributed by atoms with Crippen molar-refractivity contribution >= 4 is 22.6 Å². The Kier molecular flexibility index (Phi) is 5.91. The first-order valence-electron chi connectivity index (χ1n) is 10.5. The predicted octanol–water partition coefficient (Wildman–Crippen LogP) is 3.00. The summed E-state index contributed by atoms with van der Waals surface area (Å²) in [6.07, 6.45) is 4.72. The molecule has 2 aromatic rings. The normalized spacial score (nSPS) is 18.9. The second kappa shape index (κ2) is 8.74. The summed E-state index contributed by atoms with van der Waals surface area (Å²) >= 11 is 0. The Labute approximate surface area is 166 Å². The average molecular weight is 380 g/mol. The van der Waals surface area contributed by atoms with Crippen LogP contribution in [0.2, 0.25) is 0 Å². The van der Waals surface area contributed by atoms with Crippen molar-refractivity contribution in [2.45, 2.75) is 25.7 Å². The van der Waals surface area contributed by atoms with E-state index in [1.165, 1.54) is 12.8 Å². The molecule has 28 heavy (non-hydrogen) atoms. The van der Waals surface area contributed by atoms with Gasteiger partial charge in [0, 0.05) is 44.8 Å². The molecule has 2 aliphatic rings. The summed E-state index contributed by atoms with van der Waals surface area (Å²) in [5.41, 5.74) is 0.743. The SMILES string of the molecule is O=C(CN1CCN(C(=O)c2ccc3ccccc3c2)CC1)N1CCCCCC1. The third kappa shape index (κ3) is 4.36. The zero-order valence-corrected chi connectivity index (χ0v) is 16.5. The van der Waals surface area contributed by atoms with E-state index in [2.05, 4.69) is 11.0 Å². The van der Waals surface area contributed by atoms with Gasteiger partial charge in [-0.3, -0.25) is 14.5 Å². The van der Waals surface area contributed by atoms with Gasteiger partial charge in [0.15, 0.2) is 0 Å². The van der Waals surface area contributed by atoms with Crippen LogP contribution in [0.1, 0.15) is 36.0 Å². The number of rotatable bonds is 3. The number of fused-ring (bicyclic) bond motifs is 1. The van der Waals surface area contributed by atoms with E-state index in [1.54, 1.807) is 0 Å². The van der Waals surface area contributed by atoms with Crippen molar-refractivity contribution in [2.24, 2.45) is 0 Å². The van der Waals surface area contributed by atoms with Gasteiger partial charge in [-0.15, -0.1) is 0 Å². The summed E-state index contributed by atoms with van der Waals surface area (Å²) in [6, 6.07) is 14.0. The van der Waals surface area contributed by atoms with Crippen LogP contribution in [-0.4, -0.2) is 72.3 Å². The average Bonchev–Trinajstić information content (AvgIpc) is 3.03. The van der Waals surface area contributed by atoms with Crippen molar-refractivity contribution in [1.29, 1.82) is 0 Å². The minimum absolute atomic E-state index is 0.0873. The van der Waals surface area contributed by atoms with Crippen molar-refractivity contribution in [2.75, 3.05) is 45.8 Å². The summed E-state index contributed by atoms with van der Waals surface area (Å²) < 4.78 is 0. The second-order valence-corrected chi connectivity index (χ2v) is 7.93. The topological polar surface area (TPSA) is 43.9 Å². The Morgan fingerprint density at radius 2 is 1.39 bits per heavy atom. The molecule has 2 aromatic carbocycles. The fourth-order valence-electron chi connectivity index (χ4n) is 4.23. The van der Waals surface area contributed by atoms with Gasteiger partial charge in [0.1, 0.15) is 0 Å². The lowest BCUT2D eigenvalue weighted by molar-refractivity contribution is -0.132. The van der Waals surface area contributed by atoms with Crippen LogP contribution in [0.15, 0.2) is 42.5 Å². The van der Waals surface area contributed by atoms with Crippen molar-refractivity contribution in [3.8, 4) is 0 Å². The van der Waals surface area contributed by atoms with E-state index < -0.39 is 0 Å². The number of carbonyl (C=O) groups is 2. The van der Waals surface area contributed by atoms with Crippen LogP contribution in [0.5, 0.6) is 0 Å². The number of likely N-dealkylation sites (tertiary alicyclic amines) is 1. The highest BCUT2D eigenvalue weighted by molar-refractivity contribution is 5.98. The summed E-state index contributed by atoms with van der Waals surface area (Å²) in [5, 5.41) is 2.24. The maximum Gasteiger partial charge on any atom is 0.253 e. The molecule has 0 spiro atoms. The van der Waals surface area contributed by atoms with Gasteiger partial charge in [0.2, 0.25) is 5.91 Å². The van der Waals surface area contributed by atoms with Crippen molar-refractivity contribution < 1.29 is 9.59 Å². The molecule has 0 bridgehead atoms. The standard InChI is InChI=1S/C23H29N3O2/c27-22(25-11-5-1-2-6-12-25)18-24-13-15-26(16-14-24)23(28)21-10-9-19-7-3-4-8-20(19)17-21/h3-4,7-10,17H,1-2,5-6,11-16,18H2. The Morgan fingerprint density at radius 1 is 0.714 bits per heavy atom. The smallest absolute Gasteiger partial charge is 0.253 e. The lowest BCUT2D eigenvalue weighted by atomic mass is 10.1. The van der Waals surface area contributed by atoms with Gasteiger partial charge in [-0.2, -0.15) is 0 Å². The molecule has 2 fully saturated rings. The molecular weight excluding hydrogens is 350 g/mol. The summed E-state index contributed by atoms with van der Waals surface area (Å²) in [6.45, 7) is 5.17. The molecule has 0 aromatic heterocycles. The van der Waals surface area contributed by atoms with Crippen LogP contribution in [0.25, 0.3) is 10.8 Å². The Morgan fingerprint density at radius 3 is 2.11 bits per heavy atom. The van der Waals surface area contributed by atoms with E-state index in [9.17, 15) is 9.59 Å². The first-order valence-corrected chi connectivity index (χ1v) is 10.5. The van der Waals surface area contributed by atoms with Crippen molar-refractivity contribution in [3.05, 3.63) is 48.0 Å². The highest BCUT2D eigenvalue weighted by Gasteiger charge is 2.25. The predicted molar refractivity (Wildman–Crippen MR) is 111 cm³/mol. The van der Waals surface area contributed by atoms with Crippen LogP contribution in [0, 0.1) is 0 Å². The van der Waals surface area contributed by atoms with E-state index in [0.29, 0.717) is 19.6 Å². The molecule has 0 saturated carbocycles. The first kappa shape index (κ1) is 18.9. The molecule has 2 amide bonds. The summed E-state index contributed by atoms with van der Waals surface area (Å²) in [7, 11) is 0. The van der Waals surface area contributed by atoms with Gasteiger partial charge < -0.3 is 9.80 Å². The number of amides is 2. The largest absolute Gasteiger partial charge is 0.342 e. The van der Waals surface area contributed by atoms with Gasteiger partial charge in [0.25, 0.3) is 5.91 Å². The molecule has 148 valence electrons. The molecule has 0 aliphatic carbocycles. The highest BCUT2D eigenvalue weighted by Crippen LogP contribution is 2.18. The molecule has 5 heteroatoms. The van der Waals surface area contributed by atoms with E-state index in [-0.39, 0.29) is 11.8 Å². The molecule has 2 heterocycles. The number of carbonyl (C=O) groups excluding carboxylic acids is 2. The number of nitrogens with zero attached hydrogens (tertiary/aromatic N) is 3. The lowest BCUT2D eigenvalue weighted by Crippen LogP contribution is -2.51. The van der Waals surface area contributed by atoms with Crippen LogP contribution in [0.4, 0.5) is 0 Å². The lowest BCUT2D eigenvalue weighted by Gasteiger charge is -2.35. The van der Waals surface area contributed by atoms with E-state index >= 15 is 0 Å². The fraction of sp³-hybridized carbons (Fsp3) is 0.478. The van der Waals surface area contributed by atoms with E-state index in [0.717, 1.165) is 55.4 Å². The minimum Gasteiger partial charge on any atom is -0.342 e. The van der Waals surface area contributed by atoms with E-state index in [4.69, 9.17) is 0 Å². The molecular formula is C23H29N3O2. The van der Waals surface area contributed by atoms with Crippen molar-refractivity contribution in [1.82, 2.24) is 14.7 Å². The molecule has 0 atom stereocenters. The number of benzene rings is 2. The maximum absolute atomic E-state index is 12.9. The summed E-state index contributed by atoms with van der Waals surface area (Å²) in [4.78, 5) is 31.6. The first-order chi connectivity index (χ1) is 13.7. The monoisotopic (exact) mass is 379 g/mol. The zero-order valence-electron chi connectivity index (χ0n) is 16.5. The van der Waals surface area contributed by atoms with Crippen LogP contribution in [-0.2, 0) is 4.79 Å². The van der Waals surface area contributed by atoms with Gasteiger partial charge in [-0.1, -0.05) is 43.2 Å².